The zero-order chi connectivity index (χ0) is 13.8. The van der Waals surface area contributed by atoms with Crippen LogP contribution in [0.3, 0.4) is 0 Å². The molecule has 0 aliphatic carbocycles. The molecule has 1 aliphatic rings. The van der Waals surface area contributed by atoms with Crippen molar-refractivity contribution in [1.29, 1.82) is 0 Å². The fraction of sp³-hybridized carbons (Fsp3) is 0.533. The van der Waals surface area contributed by atoms with Crippen molar-refractivity contribution in [2.24, 2.45) is 0 Å². The summed E-state index contributed by atoms with van der Waals surface area (Å²) in [6, 6.07) is 6.30. The second kappa shape index (κ2) is 6.06. The molecular weight excluding hydrogens is 240 g/mol. The molecule has 1 amide bonds. The lowest BCUT2D eigenvalue weighted by Crippen LogP contribution is -2.33. The predicted molar refractivity (Wildman–Crippen MR) is 75.5 cm³/mol. The van der Waals surface area contributed by atoms with Gasteiger partial charge in [0, 0.05) is 40.0 Å². The van der Waals surface area contributed by atoms with Crippen LogP contribution in [0.2, 0.25) is 0 Å². The summed E-state index contributed by atoms with van der Waals surface area (Å²) in [6.07, 6.45) is 1.67. The van der Waals surface area contributed by atoms with Gasteiger partial charge in [0.25, 0.3) is 0 Å². The quantitative estimate of drug-likeness (QED) is 0.815. The van der Waals surface area contributed by atoms with Crippen LogP contribution in [0.5, 0.6) is 5.75 Å². The van der Waals surface area contributed by atoms with Crippen LogP contribution in [0.1, 0.15) is 17.5 Å². The minimum absolute atomic E-state index is 0.152. The highest BCUT2D eigenvalue weighted by Crippen LogP contribution is 2.29. The van der Waals surface area contributed by atoms with Crippen LogP contribution in [-0.2, 0) is 11.2 Å². The average Bonchev–Trinajstić information content (AvgIpc) is 2.75. The number of carbonyl (C=O) groups is 1. The van der Waals surface area contributed by atoms with E-state index in [2.05, 4.69) is 24.4 Å². The van der Waals surface area contributed by atoms with Gasteiger partial charge in [0.2, 0.25) is 5.91 Å². The van der Waals surface area contributed by atoms with Gasteiger partial charge in [-0.3, -0.25) is 4.79 Å². The number of hydrogen-bond donors (Lipinski definition) is 1. The molecule has 0 spiro atoms. The third kappa shape index (κ3) is 3.70. The molecule has 1 aromatic carbocycles. The Bertz CT molecular complexity index is 457. The third-order valence-electron chi connectivity index (χ3n) is 3.34. The van der Waals surface area contributed by atoms with E-state index in [9.17, 15) is 4.79 Å². The zero-order valence-corrected chi connectivity index (χ0v) is 11.9. The van der Waals surface area contributed by atoms with Crippen LogP contribution in [0.15, 0.2) is 18.2 Å². The monoisotopic (exact) mass is 262 g/mol. The summed E-state index contributed by atoms with van der Waals surface area (Å²) in [6.45, 7) is 3.58. The molecule has 0 aromatic heterocycles. The van der Waals surface area contributed by atoms with Gasteiger partial charge in [0.1, 0.15) is 11.9 Å². The Balaban J connectivity index is 1.71. The van der Waals surface area contributed by atoms with Crippen LogP contribution in [0.4, 0.5) is 0 Å². The smallest absolute Gasteiger partial charge is 0.223 e. The molecule has 4 heteroatoms. The molecule has 0 radical (unpaired) electrons. The lowest BCUT2D eigenvalue weighted by molar-refractivity contribution is -0.128. The Morgan fingerprint density at radius 3 is 3.00 bits per heavy atom. The number of benzene rings is 1. The molecule has 1 atom stereocenters. The van der Waals surface area contributed by atoms with E-state index < -0.39 is 0 Å². The third-order valence-corrected chi connectivity index (χ3v) is 3.34. The maximum Gasteiger partial charge on any atom is 0.223 e. The van der Waals surface area contributed by atoms with Crippen LogP contribution in [-0.4, -0.2) is 44.1 Å². The molecule has 1 unspecified atom stereocenters. The van der Waals surface area contributed by atoms with Crippen molar-refractivity contribution in [3.63, 3.8) is 0 Å². The highest BCUT2D eigenvalue weighted by Gasteiger charge is 2.22. The van der Waals surface area contributed by atoms with Gasteiger partial charge in [-0.2, -0.15) is 0 Å². The summed E-state index contributed by atoms with van der Waals surface area (Å²) >= 11 is 0. The Morgan fingerprint density at radius 2 is 2.26 bits per heavy atom. The van der Waals surface area contributed by atoms with Crippen molar-refractivity contribution in [3.05, 3.63) is 29.3 Å². The Kier molecular flexibility index (Phi) is 4.43. The van der Waals surface area contributed by atoms with Gasteiger partial charge < -0.3 is 15.0 Å². The van der Waals surface area contributed by atoms with Crippen molar-refractivity contribution >= 4 is 5.91 Å². The number of amides is 1. The zero-order valence-electron chi connectivity index (χ0n) is 11.9. The molecular formula is C15H22N2O2. The topological polar surface area (TPSA) is 41.6 Å². The van der Waals surface area contributed by atoms with Crippen LogP contribution in [0, 0.1) is 6.92 Å². The number of hydrogen-bond acceptors (Lipinski definition) is 3. The van der Waals surface area contributed by atoms with E-state index in [1.54, 1.807) is 19.0 Å². The highest BCUT2D eigenvalue weighted by atomic mass is 16.5. The van der Waals surface area contributed by atoms with E-state index in [1.165, 1.54) is 11.1 Å². The fourth-order valence-corrected chi connectivity index (χ4v) is 2.25. The van der Waals surface area contributed by atoms with Gasteiger partial charge in [-0.1, -0.05) is 17.7 Å². The van der Waals surface area contributed by atoms with E-state index in [0.717, 1.165) is 18.7 Å². The van der Waals surface area contributed by atoms with Crippen LogP contribution < -0.4 is 10.1 Å². The van der Waals surface area contributed by atoms with Gasteiger partial charge in [0.05, 0.1) is 0 Å². The lowest BCUT2D eigenvalue weighted by atomic mass is 10.1. The molecule has 104 valence electrons. The molecule has 2 rings (SSSR count). The summed E-state index contributed by atoms with van der Waals surface area (Å²) < 4.78 is 5.86. The Hall–Kier alpha value is -1.55. The minimum atomic E-state index is 0.152. The molecule has 19 heavy (non-hydrogen) atoms. The summed E-state index contributed by atoms with van der Waals surface area (Å²) in [7, 11) is 3.56. The molecule has 0 bridgehead atoms. The molecule has 1 aromatic rings. The first-order valence-corrected chi connectivity index (χ1v) is 6.73. The molecule has 1 heterocycles. The number of aryl methyl sites for hydroxylation is 1. The Labute approximate surface area is 114 Å². The van der Waals surface area contributed by atoms with E-state index in [4.69, 9.17) is 4.74 Å². The number of nitrogens with one attached hydrogen (secondary N) is 1. The number of carbonyl (C=O) groups excluding carboxylic acids is 1. The second-order valence-corrected chi connectivity index (χ2v) is 5.30. The van der Waals surface area contributed by atoms with Gasteiger partial charge in [-0.15, -0.1) is 0 Å². The minimum Gasteiger partial charge on any atom is -0.488 e. The molecule has 4 nitrogen and oxygen atoms in total. The fourth-order valence-electron chi connectivity index (χ4n) is 2.25. The molecule has 1 aliphatic heterocycles. The molecule has 0 saturated heterocycles. The van der Waals surface area contributed by atoms with E-state index in [1.807, 2.05) is 6.07 Å². The Morgan fingerprint density at radius 1 is 1.47 bits per heavy atom. The first-order chi connectivity index (χ1) is 9.06. The number of fused-ring (bicyclic) bond motifs is 1. The molecule has 1 N–H and O–H groups in total. The van der Waals surface area contributed by atoms with Gasteiger partial charge >= 0.3 is 0 Å². The van der Waals surface area contributed by atoms with Crippen molar-refractivity contribution in [1.82, 2.24) is 10.2 Å². The van der Waals surface area contributed by atoms with Crippen molar-refractivity contribution in [2.45, 2.75) is 25.9 Å². The first-order valence-electron chi connectivity index (χ1n) is 6.73. The first kappa shape index (κ1) is 13.9. The van der Waals surface area contributed by atoms with Crippen LogP contribution in [0.25, 0.3) is 0 Å². The predicted octanol–water partition coefficient (Wildman–Crippen LogP) is 1.37. The second-order valence-electron chi connectivity index (χ2n) is 5.30. The summed E-state index contributed by atoms with van der Waals surface area (Å²) in [5.41, 5.74) is 2.56. The van der Waals surface area contributed by atoms with E-state index in [-0.39, 0.29) is 12.0 Å². The van der Waals surface area contributed by atoms with Crippen LogP contribution >= 0.6 is 0 Å². The summed E-state index contributed by atoms with van der Waals surface area (Å²) in [5, 5.41) is 3.29. The summed E-state index contributed by atoms with van der Waals surface area (Å²) in [5.74, 6) is 1.15. The summed E-state index contributed by atoms with van der Waals surface area (Å²) in [4.78, 5) is 13.0. The molecule has 0 fully saturated rings. The maximum absolute atomic E-state index is 11.4. The van der Waals surface area contributed by atoms with Crippen molar-refractivity contribution in [2.75, 3.05) is 27.2 Å². The number of ether oxygens (including phenoxy) is 1. The van der Waals surface area contributed by atoms with Gasteiger partial charge in [-0.05, 0) is 18.6 Å². The number of rotatable bonds is 5. The average molecular weight is 262 g/mol. The van der Waals surface area contributed by atoms with Gasteiger partial charge in [-0.25, -0.2) is 0 Å². The highest BCUT2D eigenvalue weighted by molar-refractivity contribution is 5.75. The SMILES string of the molecule is Cc1ccc2c(c1)CC(CNCCC(=O)N(C)C)O2. The standard InChI is InChI=1S/C15H22N2O2/c1-11-4-5-14-12(8-11)9-13(19-14)10-16-7-6-15(18)17(2)3/h4-5,8,13,16H,6-7,9-10H2,1-3H3. The normalized spacial score (nSPS) is 16.9. The van der Waals surface area contributed by atoms with E-state index in [0.29, 0.717) is 13.0 Å². The van der Waals surface area contributed by atoms with E-state index >= 15 is 0 Å². The van der Waals surface area contributed by atoms with Gasteiger partial charge in [0.15, 0.2) is 0 Å². The number of nitrogens with zero attached hydrogens (tertiary/aromatic N) is 1. The van der Waals surface area contributed by atoms with Crippen molar-refractivity contribution in [3.8, 4) is 5.75 Å². The van der Waals surface area contributed by atoms with Crippen molar-refractivity contribution < 1.29 is 9.53 Å². The maximum atomic E-state index is 11.4. The lowest BCUT2D eigenvalue weighted by Gasteiger charge is -2.13. The molecule has 0 saturated carbocycles. The largest absolute Gasteiger partial charge is 0.488 e.